The number of anilines is 1. The average Bonchev–Trinajstić information content (AvgIpc) is 2.89. The van der Waals surface area contributed by atoms with Crippen molar-refractivity contribution in [2.24, 2.45) is 0 Å². The van der Waals surface area contributed by atoms with E-state index in [1.807, 2.05) is 50.2 Å². The van der Waals surface area contributed by atoms with E-state index in [1.54, 1.807) is 18.2 Å². The van der Waals surface area contributed by atoms with Gasteiger partial charge < -0.3 is 9.88 Å². The third-order valence-electron chi connectivity index (χ3n) is 4.06. The monoisotopic (exact) mass is 322 g/mol. The van der Waals surface area contributed by atoms with Crippen molar-refractivity contribution >= 4 is 11.5 Å². The van der Waals surface area contributed by atoms with Gasteiger partial charge in [0.2, 0.25) is 0 Å². The van der Waals surface area contributed by atoms with E-state index in [4.69, 9.17) is 0 Å². The summed E-state index contributed by atoms with van der Waals surface area (Å²) < 4.78 is 15.7. The van der Waals surface area contributed by atoms with Crippen molar-refractivity contribution in [3.8, 4) is 5.69 Å². The predicted molar refractivity (Wildman–Crippen MR) is 94.5 cm³/mol. The van der Waals surface area contributed by atoms with E-state index in [2.05, 4.69) is 9.88 Å². The van der Waals surface area contributed by atoms with Crippen LogP contribution in [0.15, 0.2) is 60.7 Å². The number of aromatic nitrogens is 1. The summed E-state index contributed by atoms with van der Waals surface area (Å²) in [6.45, 7) is 3.96. The first kappa shape index (κ1) is 16.0. The molecule has 1 heterocycles. The number of aryl methyl sites for hydroxylation is 1. The van der Waals surface area contributed by atoms with Crippen molar-refractivity contribution in [3.63, 3.8) is 0 Å². The second kappa shape index (κ2) is 6.71. The fraction of sp³-hybridized carbons (Fsp3) is 0.150. The zero-order valence-electron chi connectivity index (χ0n) is 13.7. The molecule has 0 fully saturated rings. The Hall–Kier alpha value is -2.88. The number of nitrogens with zero attached hydrogens (tertiary/aromatic N) is 1. The molecule has 0 radical (unpaired) electrons. The van der Waals surface area contributed by atoms with Crippen LogP contribution in [0.2, 0.25) is 0 Å². The highest BCUT2D eigenvalue weighted by atomic mass is 19.1. The van der Waals surface area contributed by atoms with Crippen LogP contribution in [0, 0.1) is 19.7 Å². The maximum absolute atomic E-state index is 13.6. The Morgan fingerprint density at radius 1 is 1.04 bits per heavy atom. The Bertz CT molecular complexity index is 869. The summed E-state index contributed by atoms with van der Waals surface area (Å²) in [5, 5.41) is 2.87. The van der Waals surface area contributed by atoms with E-state index in [1.165, 1.54) is 6.07 Å². The van der Waals surface area contributed by atoms with Crippen LogP contribution in [0.5, 0.6) is 0 Å². The van der Waals surface area contributed by atoms with Gasteiger partial charge in [0.15, 0.2) is 5.78 Å². The molecule has 4 heteroatoms. The van der Waals surface area contributed by atoms with Crippen LogP contribution in [-0.4, -0.2) is 16.9 Å². The van der Waals surface area contributed by atoms with E-state index < -0.39 is 0 Å². The first-order chi connectivity index (χ1) is 11.6. The summed E-state index contributed by atoms with van der Waals surface area (Å²) in [6, 6.07) is 18.1. The lowest BCUT2D eigenvalue weighted by Crippen LogP contribution is -2.15. The first-order valence-corrected chi connectivity index (χ1v) is 7.84. The first-order valence-electron chi connectivity index (χ1n) is 7.84. The summed E-state index contributed by atoms with van der Waals surface area (Å²) in [5.74, 6) is -0.423. The third-order valence-corrected chi connectivity index (χ3v) is 4.06. The quantitative estimate of drug-likeness (QED) is 0.700. The average molecular weight is 322 g/mol. The van der Waals surface area contributed by atoms with E-state index >= 15 is 0 Å². The Labute approximate surface area is 140 Å². The summed E-state index contributed by atoms with van der Waals surface area (Å²) >= 11 is 0. The lowest BCUT2D eigenvalue weighted by molar-refractivity contribution is 0.101. The number of halogens is 1. The minimum absolute atomic E-state index is 0.0556. The largest absolute Gasteiger partial charge is 0.375 e. The number of rotatable bonds is 5. The number of para-hydroxylation sites is 2. The summed E-state index contributed by atoms with van der Waals surface area (Å²) in [5.41, 5.74) is 3.89. The van der Waals surface area contributed by atoms with Gasteiger partial charge in [0.05, 0.1) is 12.2 Å². The lowest BCUT2D eigenvalue weighted by Gasteiger charge is -2.10. The molecule has 0 aliphatic carbocycles. The normalized spacial score (nSPS) is 10.6. The second-order valence-corrected chi connectivity index (χ2v) is 5.71. The molecule has 2 aromatic carbocycles. The van der Waals surface area contributed by atoms with Gasteiger partial charge in [-0.1, -0.05) is 30.3 Å². The standard InChI is InChI=1S/C20H19FN2O/c1-14-12-17(15(2)23(14)16-8-4-3-5-9-16)20(24)13-22-19-11-7-6-10-18(19)21/h3-12,22H,13H2,1-2H3. The number of hydrogen-bond donors (Lipinski definition) is 1. The van der Waals surface area contributed by atoms with Gasteiger partial charge in [-0.05, 0) is 44.2 Å². The molecule has 24 heavy (non-hydrogen) atoms. The van der Waals surface area contributed by atoms with Crippen molar-refractivity contribution in [1.29, 1.82) is 0 Å². The molecule has 0 saturated heterocycles. The van der Waals surface area contributed by atoms with Crippen molar-refractivity contribution in [3.05, 3.63) is 83.4 Å². The number of carbonyl (C=O) groups excluding carboxylic acids is 1. The second-order valence-electron chi connectivity index (χ2n) is 5.71. The van der Waals surface area contributed by atoms with E-state index in [9.17, 15) is 9.18 Å². The molecule has 0 aliphatic rings. The maximum Gasteiger partial charge on any atom is 0.183 e. The topological polar surface area (TPSA) is 34.0 Å². The highest BCUT2D eigenvalue weighted by Crippen LogP contribution is 2.21. The smallest absolute Gasteiger partial charge is 0.183 e. The predicted octanol–water partition coefficient (Wildman–Crippen LogP) is 4.53. The molecule has 0 bridgehead atoms. The van der Waals surface area contributed by atoms with Gasteiger partial charge in [-0.25, -0.2) is 4.39 Å². The van der Waals surface area contributed by atoms with Crippen LogP contribution in [0.1, 0.15) is 21.7 Å². The minimum atomic E-state index is -0.361. The van der Waals surface area contributed by atoms with Crippen molar-refractivity contribution in [2.75, 3.05) is 11.9 Å². The highest BCUT2D eigenvalue weighted by molar-refractivity contribution is 6.00. The van der Waals surface area contributed by atoms with Gasteiger partial charge in [0, 0.05) is 22.6 Å². The molecule has 1 aromatic heterocycles. The fourth-order valence-electron chi connectivity index (χ4n) is 2.89. The molecule has 0 saturated carbocycles. The molecule has 0 spiro atoms. The van der Waals surface area contributed by atoms with Crippen molar-refractivity contribution in [1.82, 2.24) is 4.57 Å². The Balaban J connectivity index is 1.83. The van der Waals surface area contributed by atoms with Crippen LogP contribution in [0.4, 0.5) is 10.1 Å². The molecule has 0 aliphatic heterocycles. The molecule has 3 rings (SSSR count). The van der Waals surface area contributed by atoms with Crippen LogP contribution in [0.25, 0.3) is 5.69 Å². The van der Waals surface area contributed by atoms with E-state index in [0.29, 0.717) is 11.3 Å². The molecular weight excluding hydrogens is 303 g/mol. The van der Waals surface area contributed by atoms with E-state index in [0.717, 1.165) is 17.1 Å². The molecular formula is C20H19FN2O. The summed E-state index contributed by atoms with van der Waals surface area (Å²) in [7, 11) is 0. The molecule has 3 nitrogen and oxygen atoms in total. The number of carbonyl (C=O) groups is 1. The van der Waals surface area contributed by atoms with Crippen LogP contribution in [-0.2, 0) is 0 Å². The summed E-state index contributed by atoms with van der Waals surface area (Å²) in [4.78, 5) is 12.5. The minimum Gasteiger partial charge on any atom is -0.375 e. The van der Waals surface area contributed by atoms with Crippen molar-refractivity contribution in [2.45, 2.75) is 13.8 Å². The van der Waals surface area contributed by atoms with Gasteiger partial charge in [0.25, 0.3) is 0 Å². The van der Waals surface area contributed by atoms with Gasteiger partial charge in [-0.15, -0.1) is 0 Å². The molecule has 0 amide bonds. The zero-order chi connectivity index (χ0) is 17.1. The number of nitrogens with one attached hydrogen (secondary N) is 1. The van der Waals surface area contributed by atoms with Crippen molar-refractivity contribution < 1.29 is 9.18 Å². The number of Topliss-reactive ketones (excluding diaryl/α,β-unsaturated/α-hetero) is 1. The van der Waals surface area contributed by atoms with Crippen LogP contribution < -0.4 is 5.32 Å². The number of ketones is 1. The third kappa shape index (κ3) is 3.08. The number of hydrogen-bond acceptors (Lipinski definition) is 2. The van der Waals surface area contributed by atoms with E-state index in [-0.39, 0.29) is 18.1 Å². The molecule has 0 unspecified atom stereocenters. The van der Waals surface area contributed by atoms with Gasteiger partial charge >= 0.3 is 0 Å². The van der Waals surface area contributed by atoms with Gasteiger partial charge in [-0.3, -0.25) is 4.79 Å². The SMILES string of the molecule is Cc1cc(C(=O)CNc2ccccc2F)c(C)n1-c1ccccc1. The summed E-state index contributed by atoms with van der Waals surface area (Å²) in [6.07, 6.45) is 0. The number of benzene rings is 2. The molecule has 3 aromatic rings. The maximum atomic E-state index is 13.6. The fourth-order valence-corrected chi connectivity index (χ4v) is 2.89. The highest BCUT2D eigenvalue weighted by Gasteiger charge is 2.16. The lowest BCUT2D eigenvalue weighted by atomic mass is 10.1. The Kier molecular flexibility index (Phi) is 4.47. The molecule has 0 atom stereocenters. The van der Waals surface area contributed by atoms with Gasteiger partial charge in [0.1, 0.15) is 5.82 Å². The molecule has 122 valence electrons. The van der Waals surface area contributed by atoms with Crippen LogP contribution >= 0.6 is 0 Å². The van der Waals surface area contributed by atoms with Crippen LogP contribution in [0.3, 0.4) is 0 Å². The van der Waals surface area contributed by atoms with Gasteiger partial charge in [-0.2, -0.15) is 0 Å². The molecule has 1 N–H and O–H groups in total. The Morgan fingerprint density at radius 3 is 2.42 bits per heavy atom. The Morgan fingerprint density at radius 2 is 1.71 bits per heavy atom. The zero-order valence-corrected chi connectivity index (χ0v) is 13.7.